The minimum Gasteiger partial charge on any atom is -0.505 e. The lowest BCUT2D eigenvalue weighted by atomic mass is 9.49. The number of carbonyl (C=O) groups is 4. The zero-order valence-corrected chi connectivity index (χ0v) is 25.8. The number of nitrogens with zero attached hydrogens (tertiary/aromatic N) is 2. The van der Waals surface area contributed by atoms with Gasteiger partial charge in [0, 0.05) is 22.0 Å². The van der Waals surface area contributed by atoms with Crippen LogP contribution in [0.3, 0.4) is 0 Å². The third-order valence-electron chi connectivity index (χ3n) is 10.2. The van der Waals surface area contributed by atoms with E-state index < -0.39 is 63.9 Å². The summed E-state index contributed by atoms with van der Waals surface area (Å²) >= 11 is 6.32. The first kappa shape index (κ1) is 29.4. The number of allylic oxidation sites excluding steroid dienone is 2. The minimum atomic E-state index is -1.59. The summed E-state index contributed by atoms with van der Waals surface area (Å²) in [5.74, 6) is -7.02. The van der Waals surface area contributed by atoms with Gasteiger partial charge < -0.3 is 5.11 Å². The van der Waals surface area contributed by atoms with Crippen molar-refractivity contribution in [3.05, 3.63) is 106 Å². The number of hydrogen-bond donors (Lipinski definition) is 1. The molecule has 7 rings (SSSR count). The quantitative estimate of drug-likeness (QED) is 0.278. The van der Waals surface area contributed by atoms with Gasteiger partial charge in [-0.25, -0.2) is 9.29 Å². The standard InChI is InChI=1S/C36H32ClFN2O5/c1-35(2,3)40-31(42)23-16-15-22-25(28(23)33(40)44)18-26-32(43)39(21-12-7-11-20(37)17-21)34(45)36(26,19-9-5-4-6-10-19)29(22)24-13-8-14-27(38)30(24)41/h4-15,17,23,25-26,28-29,41H,16,18H2,1-3H3/t23-,25+,26-,28-,29+,36+/m0/s1. The topological polar surface area (TPSA) is 95.0 Å². The van der Waals surface area contributed by atoms with Gasteiger partial charge in [-0.3, -0.25) is 24.1 Å². The van der Waals surface area contributed by atoms with Crippen molar-refractivity contribution in [1.29, 1.82) is 0 Å². The molecule has 4 amide bonds. The van der Waals surface area contributed by atoms with Gasteiger partial charge >= 0.3 is 0 Å². The number of benzene rings is 3. The molecule has 0 unspecified atom stereocenters. The number of amides is 4. The van der Waals surface area contributed by atoms with Crippen molar-refractivity contribution in [3.63, 3.8) is 0 Å². The Kier molecular flexibility index (Phi) is 6.61. The van der Waals surface area contributed by atoms with E-state index >= 15 is 9.18 Å². The first-order valence-electron chi connectivity index (χ1n) is 15.1. The molecule has 4 aliphatic rings. The molecule has 0 bridgehead atoms. The number of hydrogen-bond acceptors (Lipinski definition) is 5. The average Bonchev–Trinajstić information content (AvgIpc) is 3.40. The van der Waals surface area contributed by atoms with Crippen LogP contribution in [0.1, 0.15) is 50.7 Å². The molecule has 230 valence electrons. The molecule has 0 radical (unpaired) electrons. The normalized spacial score (nSPS) is 29.4. The van der Waals surface area contributed by atoms with E-state index in [2.05, 4.69) is 0 Å². The summed E-state index contributed by atoms with van der Waals surface area (Å²) in [5, 5.41) is 11.6. The van der Waals surface area contributed by atoms with E-state index in [0.29, 0.717) is 21.8 Å². The van der Waals surface area contributed by atoms with Crippen molar-refractivity contribution < 1.29 is 28.7 Å². The summed E-state index contributed by atoms with van der Waals surface area (Å²) in [7, 11) is 0. The molecule has 45 heavy (non-hydrogen) atoms. The molecule has 0 spiro atoms. The third-order valence-corrected chi connectivity index (χ3v) is 10.4. The highest BCUT2D eigenvalue weighted by Gasteiger charge is 2.70. The van der Waals surface area contributed by atoms with Crippen LogP contribution in [0.15, 0.2) is 84.4 Å². The zero-order chi connectivity index (χ0) is 32.0. The molecule has 1 N–H and O–H groups in total. The van der Waals surface area contributed by atoms with E-state index in [1.807, 2.05) is 26.8 Å². The summed E-state index contributed by atoms with van der Waals surface area (Å²) in [6.45, 7) is 5.43. The number of imide groups is 2. The van der Waals surface area contributed by atoms with Crippen molar-refractivity contribution in [1.82, 2.24) is 4.90 Å². The highest BCUT2D eigenvalue weighted by molar-refractivity contribution is 6.32. The first-order chi connectivity index (χ1) is 21.4. The molecule has 3 aromatic rings. The van der Waals surface area contributed by atoms with Crippen LogP contribution in [0.5, 0.6) is 5.75 Å². The molecular weight excluding hydrogens is 595 g/mol. The second-order valence-electron chi connectivity index (χ2n) is 13.5. The summed E-state index contributed by atoms with van der Waals surface area (Å²) in [4.78, 5) is 60.0. The molecule has 6 atom stereocenters. The maximum Gasteiger partial charge on any atom is 0.246 e. The summed E-state index contributed by atoms with van der Waals surface area (Å²) in [6, 6.07) is 19.6. The largest absolute Gasteiger partial charge is 0.505 e. The fourth-order valence-electron chi connectivity index (χ4n) is 8.51. The van der Waals surface area contributed by atoms with Crippen molar-refractivity contribution in [2.45, 2.75) is 50.5 Å². The Bertz CT molecular complexity index is 1820. The van der Waals surface area contributed by atoms with Gasteiger partial charge in [0.2, 0.25) is 23.6 Å². The highest BCUT2D eigenvalue weighted by Crippen LogP contribution is 2.65. The van der Waals surface area contributed by atoms with Gasteiger partial charge in [-0.2, -0.15) is 0 Å². The van der Waals surface area contributed by atoms with Crippen LogP contribution in [0, 0.1) is 29.5 Å². The first-order valence-corrected chi connectivity index (χ1v) is 15.5. The van der Waals surface area contributed by atoms with Crippen LogP contribution < -0.4 is 4.90 Å². The molecule has 7 nitrogen and oxygen atoms in total. The number of halogens is 2. The smallest absolute Gasteiger partial charge is 0.246 e. The van der Waals surface area contributed by atoms with Crippen LogP contribution in [0.2, 0.25) is 5.02 Å². The lowest BCUT2D eigenvalue weighted by molar-refractivity contribution is -0.145. The van der Waals surface area contributed by atoms with E-state index in [4.69, 9.17) is 11.6 Å². The van der Waals surface area contributed by atoms with Gasteiger partial charge in [0.05, 0.1) is 28.9 Å². The van der Waals surface area contributed by atoms with Gasteiger partial charge in [-0.1, -0.05) is 71.8 Å². The molecule has 1 saturated carbocycles. The van der Waals surface area contributed by atoms with E-state index in [1.165, 1.54) is 11.0 Å². The minimum absolute atomic E-state index is 0.118. The fraction of sp³-hybridized carbons (Fsp3) is 0.333. The number of likely N-dealkylation sites (tertiary alicyclic amines) is 1. The number of phenols is 1. The van der Waals surface area contributed by atoms with E-state index in [0.717, 1.165) is 11.0 Å². The molecule has 2 saturated heterocycles. The molecule has 0 aromatic heterocycles. The number of phenolic OH excluding ortho intramolecular Hbond substituents is 1. The van der Waals surface area contributed by atoms with Crippen LogP contribution in [-0.4, -0.2) is 39.2 Å². The van der Waals surface area contributed by atoms with Gasteiger partial charge in [0.25, 0.3) is 0 Å². The Morgan fingerprint density at radius 1 is 0.889 bits per heavy atom. The Balaban J connectivity index is 1.51. The molecule has 3 fully saturated rings. The van der Waals surface area contributed by atoms with Crippen molar-refractivity contribution in [3.8, 4) is 5.75 Å². The summed E-state index contributed by atoms with van der Waals surface area (Å²) < 4.78 is 15.1. The van der Waals surface area contributed by atoms with Gasteiger partial charge in [-0.15, -0.1) is 0 Å². The Hall–Kier alpha value is -4.30. The van der Waals surface area contributed by atoms with E-state index in [-0.39, 0.29) is 30.2 Å². The monoisotopic (exact) mass is 626 g/mol. The Morgan fingerprint density at radius 2 is 1.60 bits per heavy atom. The molecule has 2 aliphatic carbocycles. The Morgan fingerprint density at radius 3 is 2.29 bits per heavy atom. The van der Waals surface area contributed by atoms with Gasteiger partial charge in [0.15, 0.2) is 11.6 Å². The van der Waals surface area contributed by atoms with Gasteiger partial charge in [-0.05, 0) is 69.4 Å². The lowest BCUT2D eigenvalue weighted by Gasteiger charge is -2.50. The Labute approximate surface area is 265 Å². The van der Waals surface area contributed by atoms with E-state index in [9.17, 15) is 19.5 Å². The third kappa shape index (κ3) is 4.00. The van der Waals surface area contributed by atoms with Crippen molar-refractivity contribution >= 4 is 40.9 Å². The SMILES string of the molecule is CC(C)(C)N1C(=O)[C@H]2[C@H](CC=C3[C@H]2C[C@H]2C(=O)N(c4cccc(Cl)c4)C(=O)[C@@]2(c2ccccc2)[C@H]3c2cccc(F)c2O)C1=O. The second-order valence-corrected chi connectivity index (χ2v) is 13.9. The predicted octanol–water partition coefficient (Wildman–Crippen LogP) is 6.15. The number of rotatable bonds is 3. The molecule has 2 heterocycles. The zero-order valence-electron chi connectivity index (χ0n) is 25.0. The number of anilines is 1. The lowest BCUT2D eigenvalue weighted by Crippen LogP contribution is -2.53. The number of fused-ring (bicyclic) bond motifs is 4. The average molecular weight is 627 g/mol. The van der Waals surface area contributed by atoms with Crippen LogP contribution in [0.4, 0.5) is 10.1 Å². The predicted molar refractivity (Wildman–Crippen MR) is 166 cm³/mol. The molecule has 3 aromatic carbocycles. The number of carbonyl (C=O) groups excluding carboxylic acids is 4. The number of aromatic hydroxyl groups is 1. The fourth-order valence-corrected chi connectivity index (χ4v) is 8.70. The summed E-state index contributed by atoms with van der Waals surface area (Å²) in [6.07, 6.45) is 2.25. The van der Waals surface area contributed by atoms with Crippen LogP contribution >= 0.6 is 11.6 Å². The van der Waals surface area contributed by atoms with Crippen LogP contribution in [0.25, 0.3) is 0 Å². The second kappa shape index (κ2) is 10.1. The maximum absolute atomic E-state index is 15.1. The molecular formula is C36H32ClFN2O5. The summed E-state index contributed by atoms with van der Waals surface area (Å²) in [5.41, 5.74) is -0.698. The highest BCUT2D eigenvalue weighted by atomic mass is 35.5. The number of para-hydroxylation sites is 1. The van der Waals surface area contributed by atoms with Crippen molar-refractivity contribution in [2.75, 3.05) is 4.90 Å². The molecule has 2 aliphatic heterocycles. The molecule has 9 heteroatoms. The van der Waals surface area contributed by atoms with Crippen LogP contribution in [-0.2, 0) is 24.6 Å². The van der Waals surface area contributed by atoms with Crippen molar-refractivity contribution in [2.24, 2.45) is 23.7 Å². The van der Waals surface area contributed by atoms with E-state index in [1.54, 1.807) is 60.7 Å². The van der Waals surface area contributed by atoms with Gasteiger partial charge in [0.1, 0.15) is 0 Å². The maximum atomic E-state index is 15.1.